The molecule has 1 aliphatic rings. The van der Waals surface area contributed by atoms with Crippen LogP contribution in [0.5, 0.6) is 5.75 Å². The summed E-state index contributed by atoms with van der Waals surface area (Å²) in [5.41, 5.74) is 7.27. The maximum absolute atomic E-state index is 12.3. The summed E-state index contributed by atoms with van der Waals surface area (Å²) in [7, 11) is 1.72. The fourth-order valence-electron chi connectivity index (χ4n) is 3.14. The number of hydrogen-bond acceptors (Lipinski definition) is 4. The van der Waals surface area contributed by atoms with Crippen LogP contribution in [0.2, 0.25) is 0 Å². The van der Waals surface area contributed by atoms with Crippen molar-refractivity contribution in [3.8, 4) is 5.75 Å². The molecular formula is C18H29ClN2O2S. The van der Waals surface area contributed by atoms with Crippen LogP contribution in [0.4, 0.5) is 0 Å². The Labute approximate surface area is 155 Å². The molecule has 1 aromatic carbocycles. The van der Waals surface area contributed by atoms with Crippen molar-refractivity contribution in [3.05, 3.63) is 29.8 Å². The number of carbonyl (C=O) groups excluding carboxylic acids is 1. The number of nitrogens with zero attached hydrogens (tertiary/aromatic N) is 1. The van der Waals surface area contributed by atoms with Gasteiger partial charge in [0.2, 0.25) is 5.91 Å². The molecule has 6 heteroatoms. The van der Waals surface area contributed by atoms with Gasteiger partial charge < -0.3 is 15.4 Å². The topological polar surface area (TPSA) is 55.6 Å². The monoisotopic (exact) mass is 372 g/mol. The maximum Gasteiger partial charge on any atom is 0.239 e. The van der Waals surface area contributed by atoms with Gasteiger partial charge in [-0.25, -0.2) is 0 Å². The third-order valence-electron chi connectivity index (χ3n) is 4.58. The van der Waals surface area contributed by atoms with Crippen LogP contribution in [0.15, 0.2) is 24.3 Å². The van der Waals surface area contributed by atoms with Crippen LogP contribution in [0.3, 0.4) is 0 Å². The van der Waals surface area contributed by atoms with Crippen molar-refractivity contribution >= 4 is 30.1 Å². The molecule has 1 fully saturated rings. The molecule has 2 rings (SSSR count). The molecule has 4 nitrogen and oxygen atoms in total. The van der Waals surface area contributed by atoms with Gasteiger partial charge in [-0.15, -0.1) is 12.4 Å². The van der Waals surface area contributed by atoms with E-state index in [4.69, 9.17) is 10.5 Å². The van der Waals surface area contributed by atoms with Crippen LogP contribution in [0, 0.1) is 5.92 Å². The van der Waals surface area contributed by atoms with Gasteiger partial charge in [-0.2, -0.15) is 11.8 Å². The lowest BCUT2D eigenvalue weighted by Crippen LogP contribution is -2.47. The molecule has 2 N–H and O–H groups in total. The number of rotatable bonds is 7. The number of halogens is 1. The fourth-order valence-corrected chi connectivity index (χ4v) is 3.63. The van der Waals surface area contributed by atoms with Crippen molar-refractivity contribution in [2.75, 3.05) is 32.2 Å². The number of hydrogen-bond donors (Lipinski definition) is 1. The highest BCUT2D eigenvalue weighted by Crippen LogP contribution is 2.26. The molecule has 0 aromatic heterocycles. The SMILES string of the molecule is COc1ccccc1CC1CCN(C(=O)[C@@H](N)CCSC)CC1.Cl. The van der Waals surface area contributed by atoms with E-state index >= 15 is 0 Å². The van der Waals surface area contributed by atoms with Gasteiger partial charge in [-0.05, 0) is 55.2 Å². The Morgan fingerprint density at radius 3 is 2.67 bits per heavy atom. The molecule has 1 aliphatic heterocycles. The van der Waals surface area contributed by atoms with Crippen LogP contribution in [0.1, 0.15) is 24.8 Å². The van der Waals surface area contributed by atoms with Gasteiger partial charge in [0.1, 0.15) is 5.75 Å². The van der Waals surface area contributed by atoms with Crippen LogP contribution >= 0.6 is 24.2 Å². The Balaban J connectivity index is 0.00000288. The standard InChI is InChI=1S/C18H28N2O2S.ClH/c1-22-17-6-4-3-5-15(17)13-14-7-10-20(11-8-14)18(21)16(19)9-12-23-2;/h3-6,14,16H,7-13,19H2,1-2H3;1H/t16-;/m0./s1. The first-order valence-electron chi connectivity index (χ1n) is 8.31. The molecular weight excluding hydrogens is 344 g/mol. The maximum atomic E-state index is 12.3. The number of benzene rings is 1. The molecule has 1 saturated heterocycles. The summed E-state index contributed by atoms with van der Waals surface area (Å²) in [6, 6.07) is 7.86. The van der Waals surface area contributed by atoms with Crippen LogP contribution < -0.4 is 10.5 Å². The number of ether oxygens (including phenoxy) is 1. The first-order chi connectivity index (χ1) is 11.2. The van der Waals surface area contributed by atoms with Gasteiger partial charge in [0.05, 0.1) is 13.2 Å². The van der Waals surface area contributed by atoms with E-state index in [1.165, 1.54) is 5.56 Å². The van der Waals surface area contributed by atoms with E-state index < -0.39 is 0 Å². The minimum absolute atomic E-state index is 0. The Bertz CT molecular complexity index is 508. The van der Waals surface area contributed by atoms with Crippen molar-refractivity contribution in [2.24, 2.45) is 11.7 Å². The normalized spacial score (nSPS) is 16.4. The van der Waals surface area contributed by atoms with E-state index in [0.717, 1.165) is 50.3 Å². The lowest BCUT2D eigenvalue weighted by Gasteiger charge is -2.33. The zero-order valence-electron chi connectivity index (χ0n) is 14.6. The predicted molar refractivity (Wildman–Crippen MR) is 104 cm³/mol. The molecule has 0 unspecified atom stereocenters. The number of nitrogens with two attached hydrogens (primary N) is 1. The van der Waals surface area contributed by atoms with Gasteiger partial charge in [0, 0.05) is 13.1 Å². The molecule has 1 atom stereocenters. The second kappa shape index (κ2) is 10.9. The zero-order valence-corrected chi connectivity index (χ0v) is 16.2. The quantitative estimate of drug-likeness (QED) is 0.799. The fraction of sp³-hybridized carbons (Fsp3) is 0.611. The minimum Gasteiger partial charge on any atom is -0.496 e. The van der Waals surface area contributed by atoms with E-state index in [-0.39, 0.29) is 24.4 Å². The van der Waals surface area contributed by atoms with Crippen molar-refractivity contribution < 1.29 is 9.53 Å². The molecule has 24 heavy (non-hydrogen) atoms. The second-order valence-electron chi connectivity index (χ2n) is 6.17. The number of carbonyl (C=O) groups is 1. The Morgan fingerprint density at radius 1 is 1.38 bits per heavy atom. The highest BCUT2D eigenvalue weighted by atomic mass is 35.5. The zero-order chi connectivity index (χ0) is 16.7. The molecule has 0 bridgehead atoms. The van der Waals surface area contributed by atoms with Crippen LogP contribution in [-0.4, -0.2) is 49.1 Å². The molecule has 0 aliphatic carbocycles. The van der Waals surface area contributed by atoms with Gasteiger partial charge in [0.25, 0.3) is 0 Å². The van der Waals surface area contributed by atoms with E-state index in [1.54, 1.807) is 18.9 Å². The summed E-state index contributed by atoms with van der Waals surface area (Å²) in [6.07, 6.45) is 5.91. The Kier molecular flexibility index (Phi) is 9.56. The van der Waals surface area contributed by atoms with Gasteiger partial charge in [0.15, 0.2) is 0 Å². The third kappa shape index (κ3) is 5.87. The summed E-state index contributed by atoms with van der Waals surface area (Å²) < 4.78 is 5.43. The van der Waals surface area contributed by atoms with Crippen molar-refractivity contribution in [1.29, 1.82) is 0 Å². The van der Waals surface area contributed by atoms with Gasteiger partial charge >= 0.3 is 0 Å². The van der Waals surface area contributed by atoms with Gasteiger partial charge in [-0.1, -0.05) is 18.2 Å². The highest BCUT2D eigenvalue weighted by Gasteiger charge is 2.26. The van der Waals surface area contributed by atoms with E-state index in [1.807, 2.05) is 23.3 Å². The molecule has 1 aromatic rings. The lowest BCUT2D eigenvalue weighted by atomic mass is 9.89. The summed E-state index contributed by atoms with van der Waals surface area (Å²) in [5.74, 6) is 2.63. The van der Waals surface area contributed by atoms with Crippen molar-refractivity contribution in [1.82, 2.24) is 4.90 Å². The van der Waals surface area contributed by atoms with Crippen molar-refractivity contribution in [3.63, 3.8) is 0 Å². The molecule has 1 heterocycles. The third-order valence-corrected chi connectivity index (χ3v) is 5.22. The number of likely N-dealkylation sites (tertiary alicyclic amines) is 1. The first-order valence-corrected chi connectivity index (χ1v) is 9.70. The summed E-state index contributed by atoms with van der Waals surface area (Å²) >= 11 is 1.74. The Morgan fingerprint density at radius 2 is 2.04 bits per heavy atom. The first kappa shape index (κ1) is 21.1. The smallest absolute Gasteiger partial charge is 0.239 e. The highest BCUT2D eigenvalue weighted by molar-refractivity contribution is 7.98. The van der Waals surface area contributed by atoms with Crippen LogP contribution in [-0.2, 0) is 11.2 Å². The van der Waals surface area contributed by atoms with E-state index in [9.17, 15) is 4.79 Å². The second-order valence-corrected chi connectivity index (χ2v) is 7.16. The average molecular weight is 373 g/mol. The lowest BCUT2D eigenvalue weighted by molar-refractivity contribution is -0.134. The van der Waals surface area contributed by atoms with Gasteiger partial charge in [-0.3, -0.25) is 4.79 Å². The molecule has 0 saturated carbocycles. The number of thioether (sulfide) groups is 1. The number of amides is 1. The predicted octanol–water partition coefficient (Wildman–Crippen LogP) is 2.98. The summed E-state index contributed by atoms with van der Waals surface area (Å²) in [6.45, 7) is 1.65. The molecule has 0 radical (unpaired) electrons. The number of piperidine rings is 1. The minimum atomic E-state index is -0.340. The largest absolute Gasteiger partial charge is 0.496 e. The van der Waals surface area contributed by atoms with E-state index in [0.29, 0.717) is 5.92 Å². The summed E-state index contributed by atoms with van der Waals surface area (Å²) in [5, 5.41) is 0. The number of para-hydroxylation sites is 1. The summed E-state index contributed by atoms with van der Waals surface area (Å²) in [4.78, 5) is 14.3. The number of methoxy groups -OCH3 is 1. The molecule has 0 spiro atoms. The van der Waals surface area contributed by atoms with E-state index in [2.05, 4.69) is 12.1 Å². The molecule has 136 valence electrons. The van der Waals surface area contributed by atoms with Crippen LogP contribution in [0.25, 0.3) is 0 Å². The Hall–Kier alpha value is -0.910. The average Bonchev–Trinajstić information content (AvgIpc) is 2.60. The molecule has 1 amide bonds. The van der Waals surface area contributed by atoms with Crippen molar-refractivity contribution in [2.45, 2.75) is 31.7 Å².